The van der Waals surface area contributed by atoms with Gasteiger partial charge in [0, 0.05) is 11.3 Å². The maximum Gasteiger partial charge on any atom is 0.330 e. The Kier molecular flexibility index (Phi) is 6.88. The monoisotopic (exact) mass is 251 g/mol. The molecule has 0 saturated heterocycles. The Morgan fingerprint density at radius 2 is 1.78 bits per heavy atom. The first-order chi connectivity index (χ1) is 8.34. The summed E-state index contributed by atoms with van der Waals surface area (Å²) in [5.41, 5.74) is 2.11. The second-order valence-electron chi connectivity index (χ2n) is 3.65. The fourth-order valence-electron chi connectivity index (χ4n) is 0.942. The van der Waals surface area contributed by atoms with E-state index >= 15 is 0 Å². The largest absolute Gasteiger partial charge is 0.480 e. The molecular formula is C13H17NO4. The minimum Gasteiger partial charge on any atom is -0.480 e. The van der Waals surface area contributed by atoms with Crippen molar-refractivity contribution < 1.29 is 19.8 Å². The summed E-state index contributed by atoms with van der Waals surface area (Å²) < 4.78 is 0. The number of carboxylic acid groups (broad SMARTS) is 2. The predicted molar refractivity (Wildman–Crippen MR) is 69.8 cm³/mol. The van der Waals surface area contributed by atoms with E-state index in [0.717, 1.165) is 11.3 Å². The van der Waals surface area contributed by atoms with E-state index < -0.39 is 11.9 Å². The summed E-state index contributed by atoms with van der Waals surface area (Å²) in [6.07, 6.45) is 0. The van der Waals surface area contributed by atoms with Crippen molar-refractivity contribution in [2.24, 2.45) is 0 Å². The first-order valence-corrected chi connectivity index (χ1v) is 5.24. The third-order valence-electron chi connectivity index (χ3n) is 1.94. The number of anilines is 1. The highest BCUT2D eigenvalue weighted by molar-refractivity contribution is 5.84. The Labute approximate surface area is 106 Å². The normalized spacial score (nSPS) is 8.78. The molecule has 0 heterocycles. The summed E-state index contributed by atoms with van der Waals surface area (Å²) in [6.45, 7) is 6.50. The molecule has 5 nitrogen and oxygen atoms in total. The molecule has 1 rings (SSSR count). The van der Waals surface area contributed by atoms with E-state index in [0.29, 0.717) is 0 Å². The molecule has 0 fully saturated rings. The van der Waals surface area contributed by atoms with Crippen LogP contribution in [-0.2, 0) is 9.59 Å². The highest BCUT2D eigenvalue weighted by atomic mass is 16.4. The fraction of sp³-hybridized carbons (Fsp3) is 0.231. The zero-order valence-electron chi connectivity index (χ0n) is 10.4. The lowest BCUT2D eigenvalue weighted by Gasteiger charge is -2.05. The van der Waals surface area contributed by atoms with Crippen molar-refractivity contribution in [2.45, 2.75) is 13.8 Å². The van der Waals surface area contributed by atoms with Gasteiger partial charge in [-0.1, -0.05) is 24.8 Å². The van der Waals surface area contributed by atoms with Gasteiger partial charge in [-0.05, 0) is 25.5 Å². The smallest absolute Gasteiger partial charge is 0.330 e. The molecule has 5 heteroatoms. The summed E-state index contributed by atoms with van der Waals surface area (Å²) in [4.78, 5) is 19.8. The number of carboxylic acids is 2. The van der Waals surface area contributed by atoms with Crippen molar-refractivity contribution in [2.75, 3.05) is 11.9 Å². The lowest BCUT2D eigenvalue weighted by molar-refractivity contribution is -0.135. The number of aliphatic carboxylic acids is 2. The van der Waals surface area contributed by atoms with Gasteiger partial charge in [0.2, 0.25) is 0 Å². The van der Waals surface area contributed by atoms with Crippen LogP contribution in [0, 0.1) is 6.92 Å². The molecule has 0 saturated carbocycles. The van der Waals surface area contributed by atoms with Crippen LogP contribution in [0.2, 0.25) is 0 Å². The van der Waals surface area contributed by atoms with Crippen LogP contribution >= 0.6 is 0 Å². The zero-order chi connectivity index (χ0) is 14.1. The second-order valence-corrected chi connectivity index (χ2v) is 3.65. The van der Waals surface area contributed by atoms with E-state index in [-0.39, 0.29) is 12.1 Å². The van der Waals surface area contributed by atoms with Crippen LogP contribution in [0.4, 0.5) is 5.69 Å². The molecule has 0 aliphatic heterocycles. The van der Waals surface area contributed by atoms with Gasteiger partial charge in [0.05, 0.1) is 0 Å². The summed E-state index contributed by atoms with van der Waals surface area (Å²) in [5.74, 6) is -1.78. The second kappa shape index (κ2) is 7.89. The molecule has 98 valence electrons. The van der Waals surface area contributed by atoms with Gasteiger partial charge in [0.15, 0.2) is 0 Å². The quantitative estimate of drug-likeness (QED) is 0.714. The molecular weight excluding hydrogens is 234 g/mol. The number of carbonyl (C=O) groups is 2. The Morgan fingerprint density at radius 1 is 1.28 bits per heavy atom. The Morgan fingerprint density at radius 3 is 2.17 bits per heavy atom. The Bertz CT molecular complexity index is 428. The number of rotatable bonds is 4. The minimum absolute atomic E-state index is 0.0369. The minimum atomic E-state index is -0.935. The zero-order valence-corrected chi connectivity index (χ0v) is 10.4. The molecule has 0 bridgehead atoms. The lowest BCUT2D eigenvalue weighted by atomic mass is 10.2. The molecule has 1 aromatic carbocycles. The van der Waals surface area contributed by atoms with E-state index in [1.165, 1.54) is 6.92 Å². The van der Waals surface area contributed by atoms with Gasteiger partial charge in [-0.25, -0.2) is 4.79 Å². The van der Waals surface area contributed by atoms with Crippen molar-refractivity contribution in [1.29, 1.82) is 0 Å². The van der Waals surface area contributed by atoms with Crippen molar-refractivity contribution >= 4 is 17.6 Å². The third kappa shape index (κ3) is 7.05. The number of benzene rings is 1. The van der Waals surface area contributed by atoms with E-state index in [9.17, 15) is 9.59 Å². The molecule has 0 amide bonds. The van der Waals surface area contributed by atoms with Gasteiger partial charge in [-0.3, -0.25) is 4.79 Å². The van der Waals surface area contributed by atoms with Crippen LogP contribution in [-0.4, -0.2) is 28.7 Å². The molecule has 0 unspecified atom stereocenters. The molecule has 0 aliphatic rings. The maximum atomic E-state index is 10.2. The summed E-state index contributed by atoms with van der Waals surface area (Å²) in [5, 5.41) is 19.1. The first-order valence-electron chi connectivity index (χ1n) is 5.24. The highest BCUT2D eigenvalue weighted by Crippen LogP contribution is 2.11. The number of hydrogen-bond donors (Lipinski definition) is 3. The number of nitrogens with one attached hydrogen (secondary N) is 1. The summed E-state index contributed by atoms with van der Waals surface area (Å²) in [6, 6.07) is 7.58. The lowest BCUT2D eigenvalue weighted by Crippen LogP contribution is -2.12. The molecule has 0 aliphatic carbocycles. The van der Waals surface area contributed by atoms with E-state index in [4.69, 9.17) is 10.2 Å². The molecule has 18 heavy (non-hydrogen) atoms. The Balaban J connectivity index is 0.000000411. The van der Waals surface area contributed by atoms with Gasteiger partial charge in [-0.2, -0.15) is 0 Å². The first kappa shape index (κ1) is 15.7. The average molecular weight is 251 g/mol. The molecule has 0 spiro atoms. The molecule has 0 radical (unpaired) electrons. The molecule has 0 aromatic heterocycles. The van der Waals surface area contributed by atoms with Crippen LogP contribution in [0.15, 0.2) is 36.4 Å². The van der Waals surface area contributed by atoms with Crippen LogP contribution in [0.3, 0.4) is 0 Å². The van der Waals surface area contributed by atoms with Gasteiger partial charge >= 0.3 is 11.9 Å². The van der Waals surface area contributed by atoms with Gasteiger partial charge in [0.25, 0.3) is 0 Å². The van der Waals surface area contributed by atoms with Gasteiger partial charge in [0.1, 0.15) is 6.54 Å². The van der Waals surface area contributed by atoms with Crippen molar-refractivity contribution in [3.05, 3.63) is 42.0 Å². The number of hydrogen-bond acceptors (Lipinski definition) is 3. The molecule has 0 atom stereocenters. The molecule has 3 N–H and O–H groups in total. The highest BCUT2D eigenvalue weighted by Gasteiger charge is 1.98. The number of aryl methyl sites for hydroxylation is 1. The SMILES string of the molecule is C=C(C)C(=O)O.Cc1ccccc1NCC(=O)O. The average Bonchev–Trinajstić information content (AvgIpc) is 2.28. The standard InChI is InChI=1S/C9H11NO2.C4H6O2/c1-7-4-2-3-5-8(7)10-6-9(11)12;1-3(2)4(5)6/h2-5,10H,6H2,1H3,(H,11,12);1H2,2H3,(H,5,6). The summed E-state index contributed by atoms with van der Waals surface area (Å²) in [7, 11) is 0. The number of para-hydroxylation sites is 1. The van der Waals surface area contributed by atoms with Crippen LogP contribution < -0.4 is 5.32 Å². The Hall–Kier alpha value is -2.30. The van der Waals surface area contributed by atoms with Gasteiger partial charge in [-0.15, -0.1) is 0 Å². The summed E-state index contributed by atoms with van der Waals surface area (Å²) >= 11 is 0. The van der Waals surface area contributed by atoms with Crippen molar-refractivity contribution in [3.8, 4) is 0 Å². The van der Waals surface area contributed by atoms with Crippen molar-refractivity contribution in [1.82, 2.24) is 0 Å². The topological polar surface area (TPSA) is 86.6 Å². The fourth-order valence-corrected chi connectivity index (χ4v) is 0.942. The van der Waals surface area contributed by atoms with E-state index in [1.807, 2.05) is 31.2 Å². The molecule has 1 aromatic rings. The van der Waals surface area contributed by atoms with Gasteiger partial charge < -0.3 is 15.5 Å². The van der Waals surface area contributed by atoms with E-state index in [2.05, 4.69) is 11.9 Å². The predicted octanol–water partition coefficient (Wildman–Crippen LogP) is 2.14. The van der Waals surface area contributed by atoms with Crippen molar-refractivity contribution in [3.63, 3.8) is 0 Å². The maximum absolute atomic E-state index is 10.2. The van der Waals surface area contributed by atoms with E-state index in [1.54, 1.807) is 0 Å². The third-order valence-corrected chi connectivity index (χ3v) is 1.94. The van der Waals surface area contributed by atoms with Crippen LogP contribution in [0.25, 0.3) is 0 Å². The van der Waals surface area contributed by atoms with Crippen LogP contribution in [0.5, 0.6) is 0 Å². The van der Waals surface area contributed by atoms with Crippen LogP contribution in [0.1, 0.15) is 12.5 Å².